The number of carbonyl (C=O) groups excluding carboxylic acids is 1. The van der Waals surface area contributed by atoms with Crippen LogP contribution in [-0.2, 0) is 11.2 Å². The molecule has 0 aliphatic rings. The number of amides is 1. The molecule has 1 aromatic rings. The predicted molar refractivity (Wildman–Crippen MR) is 59.5 cm³/mol. The first-order valence-corrected chi connectivity index (χ1v) is 5.14. The standard InChI is InChI=1S/C12H17NO2/c1-10(15)13-12(9-14)8-7-11-5-3-2-4-6-11/h2-6,12,14H,7-9H2,1H3,(H,13,15). The lowest BCUT2D eigenvalue weighted by atomic mass is 10.1. The van der Waals surface area contributed by atoms with Gasteiger partial charge < -0.3 is 10.4 Å². The fraction of sp³-hybridized carbons (Fsp3) is 0.417. The van der Waals surface area contributed by atoms with Gasteiger partial charge >= 0.3 is 0 Å². The number of nitrogens with one attached hydrogen (secondary N) is 1. The summed E-state index contributed by atoms with van der Waals surface area (Å²) in [6.07, 6.45) is 1.63. The van der Waals surface area contributed by atoms with Crippen molar-refractivity contribution in [1.29, 1.82) is 0 Å². The van der Waals surface area contributed by atoms with Gasteiger partial charge in [0.2, 0.25) is 5.91 Å². The Morgan fingerprint density at radius 2 is 2.07 bits per heavy atom. The summed E-state index contributed by atoms with van der Waals surface area (Å²) in [6.45, 7) is 1.46. The summed E-state index contributed by atoms with van der Waals surface area (Å²) in [6, 6.07) is 9.90. The van der Waals surface area contributed by atoms with Crippen molar-refractivity contribution in [3.63, 3.8) is 0 Å². The van der Waals surface area contributed by atoms with Crippen LogP contribution in [0, 0.1) is 0 Å². The minimum Gasteiger partial charge on any atom is -0.394 e. The fourth-order valence-electron chi connectivity index (χ4n) is 1.48. The van der Waals surface area contributed by atoms with E-state index in [9.17, 15) is 4.79 Å². The molecule has 0 bridgehead atoms. The molecule has 0 saturated carbocycles. The molecule has 0 saturated heterocycles. The van der Waals surface area contributed by atoms with E-state index in [4.69, 9.17) is 5.11 Å². The van der Waals surface area contributed by atoms with Crippen molar-refractivity contribution in [1.82, 2.24) is 5.32 Å². The van der Waals surface area contributed by atoms with Gasteiger partial charge in [-0.3, -0.25) is 4.79 Å². The lowest BCUT2D eigenvalue weighted by Gasteiger charge is -2.14. The number of carbonyl (C=O) groups is 1. The van der Waals surface area contributed by atoms with Crippen LogP contribution in [0.4, 0.5) is 0 Å². The average Bonchev–Trinajstić information content (AvgIpc) is 2.25. The van der Waals surface area contributed by atoms with Crippen LogP contribution in [0.15, 0.2) is 30.3 Å². The third kappa shape index (κ3) is 4.61. The number of benzene rings is 1. The first-order valence-electron chi connectivity index (χ1n) is 5.14. The van der Waals surface area contributed by atoms with E-state index in [1.165, 1.54) is 12.5 Å². The van der Waals surface area contributed by atoms with Crippen molar-refractivity contribution in [2.75, 3.05) is 6.61 Å². The van der Waals surface area contributed by atoms with Gasteiger partial charge in [0, 0.05) is 6.92 Å². The second-order valence-corrected chi connectivity index (χ2v) is 3.60. The summed E-state index contributed by atoms with van der Waals surface area (Å²) in [5.74, 6) is -0.0953. The van der Waals surface area contributed by atoms with Gasteiger partial charge in [0.15, 0.2) is 0 Å². The SMILES string of the molecule is CC(=O)NC(CO)CCc1ccccc1. The largest absolute Gasteiger partial charge is 0.394 e. The molecule has 1 amide bonds. The first kappa shape index (κ1) is 11.7. The Kier molecular flexibility index (Phi) is 4.84. The molecule has 15 heavy (non-hydrogen) atoms. The molecule has 1 atom stereocenters. The van der Waals surface area contributed by atoms with Crippen LogP contribution in [0.3, 0.4) is 0 Å². The first-order chi connectivity index (χ1) is 7.22. The maximum atomic E-state index is 10.8. The van der Waals surface area contributed by atoms with E-state index in [-0.39, 0.29) is 18.6 Å². The smallest absolute Gasteiger partial charge is 0.217 e. The topological polar surface area (TPSA) is 49.3 Å². The van der Waals surface area contributed by atoms with Gasteiger partial charge in [0.05, 0.1) is 12.6 Å². The molecule has 3 nitrogen and oxygen atoms in total. The van der Waals surface area contributed by atoms with E-state index in [1.807, 2.05) is 30.3 Å². The molecule has 0 radical (unpaired) electrons. The van der Waals surface area contributed by atoms with E-state index >= 15 is 0 Å². The maximum absolute atomic E-state index is 10.8. The van der Waals surface area contributed by atoms with Crippen molar-refractivity contribution >= 4 is 5.91 Å². The van der Waals surface area contributed by atoms with E-state index in [0.717, 1.165) is 12.8 Å². The lowest BCUT2D eigenvalue weighted by molar-refractivity contribution is -0.120. The number of rotatable bonds is 5. The Bertz CT molecular complexity index is 298. The van der Waals surface area contributed by atoms with Gasteiger partial charge in [0.1, 0.15) is 0 Å². The second-order valence-electron chi connectivity index (χ2n) is 3.60. The zero-order valence-electron chi connectivity index (χ0n) is 8.94. The monoisotopic (exact) mass is 207 g/mol. The molecule has 0 heterocycles. The van der Waals surface area contributed by atoms with Crippen molar-refractivity contribution in [3.05, 3.63) is 35.9 Å². The van der Waals surface area contributed by atoms with Gasteiger partial charge in [-0.1, -0.05) is 30.3 Å². The average molecular weight is 207 g/mol. The van der Waals surface area contributed by atoms with Crippen molar-refractivity contribution in [2.45, 2.75) is 25.8 Å². The number of aliphatic hydroxyl groups is 1. The Labute approximate surface area is 90.1 Å². The predicted octanol–water partition coefficient (Wildman–Crippen LogP) is 1.12. The zero-order chi connectivity index (χ0) is 11.1. The molecule has 0 fully saturated rings. The number of hydrogen-bond donors (Lipinski definition) is 2. The Morgan fingerprint density at radius 3 is 2.60 bits per heavy atom. The lowest BCUT2D eigenvalue weighted by Crippen LogP contribution is -2.36. The molecule has 1 unspecified atom stereocenters. The molecule has 0 aromatic heterocycles. The van der Waals surface area contributed by atoms with Crippen LogP contribution in [0.25, 0.3) is 0 Å². The summed E-state index contributed by atoms with van der Waals surface area (Å²) in [5.41, 5.74) is 1.22. The Morgan fingerprint density at radius 1 is 1.40 bits per heavy atom. The van der Waals surface area contributed by atoms with Crippen LogP contribution in [0.2, 0.25) is 0 Å². The third-order valence-electron chi connectivity index (χ3n) is 2.25. The van der Waals surface area contributed by atoms with Gasteiger partial charge in [-0.25, -0.2) is 0 Å². The quantitative estimate of drug-likeness (QED) is 0.760. The van der Waals surface area contributed by atoms with Crippen LogP contribution in [0.5, 0.6) is 0 Å². The number of aryl methyl sites for hydroxylation is 1. The molecular formula is C12H17NO2. The summed E-state index contributed by atoms with van der Waals surface area (Å²) in [4.78, 5) is 10.8. The highest BCUT2D eigenvalue weighted by Crippen LogP contribution is 2.04. The second kappa shape index (κ2) is 6.19. The normalized spacial score (nSPS) is 12.1. The highest BCUT2D eigenvalue weighted by molar-refractivity contribution is 5.73. The van der Waals surface area contributed by atoms with E-state index in [0.29, 0.717) is 0 Å². The molecule has 0 aliphatic heterocycles. The Balaban J connectivity index is 2.37. The van der Waals surface area contributed by atoms with E-state index < -0.39 is 0 Å². The molecule has 1 rings (SSSR count). The summed E-state index contributed by atoms with van der Waals surface area (Å²) in [5, 5.41) is 11.7. The molecule has 0 spiro atoms. The van der Waals surface area contributed by atoms with Crippen LogP contribution >= 0.6 is 0 Å². The van der Waals surface area contributed by atoms with Gasteiger partial charge in [-0.05, 0) is 18.4 Å². The summed E-state index contributed by atoms with van der Waals surface area (Å²) >= 11 is 0. The minimum absolute atomic E-state index is 0.00753. The molecule has 82 valence electrons. The molecule has 1 aromatic carbocycles. The van der Waals surface area contributed by atoms with Crippen LogP contribution in [0.1, 0.15) is 18.9 Å². The van der Waals surface area contributed by atoms with Crippen molar-refractivity contribution in [2.24, 2.45) is 0 Å². The van der Waals surface area contributed by atoms with Crippen LogP contribution < -0.4 is 5.32 Å². The van der Waals surface area contributed by atoms with Crippen LogP contribution in [-0.4, -0.2) is 23.7 Å². The molecule has 0 aliphatic carbocycles. The highest BCUT2D eigenvalue weighted by atomic mass is 16.3. The van der Waals surface area contributed by atoms with Gasteiger partial charge in [-0.15, -0.1) is 0 Å². The van der Waals surface area contributed by atoms with Crippen molar-refractivity contribution < 1.29 is 9.90 Å². The summed E-state index contributed by atoms with van der Waals surface area (Å²) in [7, 11) is 0. The number of hydrogen-bond acceptors (Lipinski definition) is 2. The zero-order valence-corrected chi connectivity index (χ0v) is 8.94. The van der Waals surface area contributed by atoms with Crippen molar-refractivity contribution in [3.8, 4) is 0 Å². The molecule has 2 N–H and O–H groups in total. The van der Waals surface area contributed by atoms with E-state index in [1.54, 1.807) is 0 Å². The third-order valence-corrected chi connectivity index (χ3v) is 2.25. The number of aliphatic hydroxyl groups excluding tert-OH is 1. The highest BCUT2D eigenvalue weighted by Gasteiger charge is 2.07. The summed E-state index contributed by atoms with van der Waals surface area (Å²) < 4.78 is 0. The van der Waals surface area contributed by atoms with Gasteiger partial charge in [-0.2, -0.15) is 0 Å². The molecular weight excluding hydrogens is 190 g/mol. The Hall–Kier alpha value is -1.35. The van der Waals surface area contributed by atoms with Gasteiger partial charge in [0.25, 0.3) is 0 Å². The fourth-order valence-corrected chi connectivity index (χ4v) is 1.48. The molecule has 3 heteroatoms. The minimum atomic E-state index is -0.136. The maximum Gasteiger partial charge on any atom is 0.217 e. The van der Waals surface area contributed by atoms with E-state index in [2.05, 4.69) is 5.32 Å².